The number of carbonyl (C=O) groups excluding carboxylic acids is 1. The molecule has 1 fully saturated rings. The maximum atomic E-state index is 12.3. The largest absolute Gasteiger partial charge is 0.481 e. The number of aryl methyl sites for hydroxylation is 1. The fourth-order valence-electron chi connectivity index (χ4n) is 3.57. The molecule has 1 aromatic heterocycles. The van der Waals surface area contributed by atoms with E-state index in [4.69, 9.17) is 9.84 Å². The summed E-state index contributed by atoms with van der Waals surface area (Å²) in [5.74, 6) is -1.51. The molecule has 0 radical (unpaired) electrons. The lowest BCUT2D eigenvalue weighted by atomic mass is 9.70. The Balaban J connectivity index is 1.62. The van der Waals surface area contributed by atoms with Gasteiger partial charge in [-0.1, -0.05) is 6.92 Å². The van der Waals surface area contributed by atoms with E-state index in [-0.39, 0.29) is 12.6 Å². The first-order valence-electron chi connectivity index (χ1n) is 8.70. The van der Waals surface area contributed by atoms with Crippen molar-refractivity contribution >= 4 is 28.5 Å². The SMILES string of the molecule is CC(CN(C)C(=O)Nc1nc2c(s1)CC1(CCOCC1)CC2)C(=O)O. The van der Waals surface area contributed by atoms with Crippen molar-refractivity contribution in [3.63, 3.8) is 0 Å². The van der Waals surface area contributed by atoms with Gasteiger partial charge < -0.3 is 14.7 Å². The first-order chi connectivity index (χ1) is 11.9. The number of urea groups is 1. The molecule has 138 valence electrons. The molecule has 1 saturated heterocycles. The number of nitrogens with zero attached hydrogens (tertiary/aromatic N) is 2. The minimum absolute atomic E-state index is 0.162. The van der Waals surface area contributed by atoms with Gasteiger partial charge in [0.2, 0.25) is 0 Å². The van der Waals surface area contributed by atoms with Crippen LogP contribution in [0.5, 0.6) is 0 Å². The standard InChI is InChI=1S/C17H25N3O4S/c1-11(14(21)22)10-20(2)16(23)19-15-18-12-3-4-17(9-13(12)25-15)5-7-24-8-6-17/h11H,3-10H2,1-2H3,(H,21,22)(H,18,19,23). The number of ether oxygens (including phenoxy) is 1. The number of fused-ring (bicyclic) bond motifs is 1. The van der Waals surface area contributed by atoms with Crippen LogP contribution in [0.2, 0.25) is 0 Å². The molecule has 0 bridgehead atoms. The van der Waals surface area contributed by atoms with Gasteiger partial charge in [-0.25, -0.2) is 9.78 Å². The van der Waals surface area contributed by atoms with E-state index in [1.54, 1.807) is 25.3 Å². The molecule has 1 spiro atoms. The monoisotopic (exact) mass is 367 g/mol. The molecule has 0 aromatic carbocycles. The Labute approximate surface area is 151 Å². The fraction of sp³-hybridized carbons (Fsp3) is 0.706. The molecule has 0 saturated carbocycles. The number of aromatic nitrogens is 1. The number of thiazole rings is 1. The third-order valence-corrected chi connectivity index (χ3v) is 6.30. The van der Waals surface area contributed by atoms with Crippen molar-refractivity contribution in [1.29, 1.82) is 0 Å². The van der Waals surface area contributed by atoms with Gasteiger partial charge in [0.1, 0.15) is 0 Å². The smallest absolute Gasteiger partial charge is 0.323 e. The van der Waals surface area contributed by atoms with E-state index >= 15 is 0 Å². The van der Waals surface area contributed by atoms with Crippen LogP contribution < -0.4 is 5.32 Å². The van der Waals surface area contributed by atoms with Gasteiger partial charge in [0, 0.05) is 31.7 Å². The molecule has 1 aliphatic heterocycles. The number of anilines is 1. The van der Waals surface area contributed by atoms with E-state index in [1.807, 2.05) is 0 Å². The molecule has 1 unspecified atom stereocenters. The molecule has 2 aliphatic rings. The number of hydrogen-bond acceptors (Lipinski definition) is 5. The Morgan fingerprint density at radius 3 is 2.80 bits per heavy atom. The molecular formula is C17H25N3O4S. The summed E-state index contributed by atoms with van der Waals surface area (Å²) in [5, 5.41) is 12.4. The van der Waals surface area contributed by atoms with Crippen LogP contribution in [0, 0.1) is 11.3 Å². The number of nitrogens with one attached hydrogen (secondary N) is 1. The molecule has 25 heavy (non-hydrogen) atoms. The fourth-order valence-corrected chi connectivity index (χ4v) is 4.74. The first kappa shape index (κ1) is 18.1. The van der Waals surface area contributed by atoms with Crippen molar-refractivity contribution in [2.45, 2.75) is 39.0 Å². The molecule has 1 aromatic rings. The number of amides is 2. The van der Waals surface area contributed by atoms with Crippen molar-refractivity contribution in [3.8, 4) is 0 Å². The normalized spacial score (nSPS) is 19.9. The van der Waals surface area contributed by atoms with Gasteiger partial charge in [0.05, 0.1) is 11.6 Å². The minimum atomic E-state index is -0.911. The van der Waals surface area contributed by atoms with Crippen molar-refractivity contribution in [2.75, 3.05) is 32.1 Å². The van der Waals surface area contributed by atoms with Crippen LogP contribution in [0.15, 0.2) is 0 Å². The highest BCUT2D eigenvalue weighted by Gasteiger charge is 2.37. The number of aliphatic carboxylic acids is 1. The summed E-state index contributed by atoms with van der Waals surface area (Å²) in [5.41, 5.74) is 1.44. The lowest BCUT2D eigenvalue weighted by molar-refractivity contribution is -0.141. The van der Waals surface area contributed by atoms with Gasteiger partial charge in [0.25, 0.3) is 0 Å². The minimum Gasteiger partial charge on any atom is -0.481 e. The lowest BCUT2D eigenvalue weighted by Crippen LogP contribution is -2.36. The van der Waals surface area contributed by atoms with E-state index < -0.39 is 11.9 Å². The average Bonchev–Trinajstić information content (AvgIpc) is 2.96. The van der Waals surface area contributed by atoms with Gasteiger partial charge in [-0.05, 0) is 37.5 Å². The van der Waals surface area contributed by atoms with Crippen LogP contribution in [-0.2, 0) is 22.4 Å². The maximum absolute atomic E-state index is 12.3. The highest BCUT2D eigenvalue weighted by molar-refractivity contribution is 7.15. The Bertz CT molecular complexity index is 654. The summed E-state index contributed by atoms with van der Waals surface area (Å²) in [4.78, 5) is 30.4. The number of hydrogen-bond donors (Lipinski definition) is 2. The molecule has 2 amide bonds. The van der Waals surface area contributed by atoms with E-state index in [1.165, 1.54) is 9.78 Å². The molecular weight excluding hydrogens is 342 g/mol. The van der Waals surface area contributed by atoms with E-state index in [0.717, 1.165) is 51.0 Å². The molecule has 2 N–H and O–H groups in total. The van der Waals surface area contributed by atoms with Crippen molar-refractivity contribution in [2.24, 2.45) is 11.3 Å². The number of rotatable bonds is 4. The maximum Gasteiger partial charge on any atom is 0.323 e. The molecule has 1 atom stereocenters. The predicted molar refractivity (Wildman–Crippen MR) is 95.1 cm³/mol. The Morgan fingerprint density at radius 1 is 1.40 bits per heavy atom. The zero-order valence-corrected chi connectivity index (χ0v) is 15.5. The van der Waals surface area contributed by atoms with Gasteiger partial charge >= 0.3 is 12.0 Å². The zero-order valence-electron chi connectivity index (χ0n) is 14.7. The van der Waals surface area contributed by atoms with Gasteiger partial charge in [-0.3, -0.25) is 10.1 Å². The van der Waals surface area contributed by atoms with Crippen LogP contribution in [0.3, 0.4) is 0 Å². The Kier molecular flexibility index (Phi) is 5.29. The second kappa shape index (κ2) is 7.29. The summed E-state index contributed by atoms with van der Waals surface area (Å²) in [6.45, 7) is 3.42. The predicted octanol–water partition coefficient (Wildman–Crippen LogP) is 2.61. The van der Waals surface area contributed by atoms with Crippen molar-refractivity contribution < 1.29 is 19.4 Å². The zero-order chi connectivity index (χ0) is 18.0. The Hall–Kier alpha value is -1.67. The third kappa shape index (κ3) is 4.12. The van der Waals surface area contributed by atoms with Crippen LogP contribution in [-0.4, -0.2) is 53.8 Å². The highest BCUT2D eigenvalue weighted by Crippen LogP contribution is 2.45. The molecule has 8 heteroatoms. The summed E-state index contributed by atoms with van der Waals surface area (Å²) >= 11 is 1.55. The van der Waals surface area contributed by atoms with E-state index in [0.29, 0.717) is 10.5 Å². The lowest BCUT2D eigenvalue weighted by Gasteiger charge is -2.39. The summed E-state index contributed by atoms with van der Waals surface area (Å²) in [6.07, 6.45) is 5.30. The second-order valence-corrected chi connectivity index (χ2v) is 8.31. The van der Waals surface area contributed by atoms with Gasteiger partial charge in [-0.2, -0.15) is 0 Å². The molecule has 7 nitrogen and oxygen atoms in total. The summed E-state index contributed by atoms with van der Waals surface area (Å²) in [6, 6.07) is -0.319. The van der Waals surface area contributed by atoms with Crippen molar-refractivity contribution in [1.82, 2.24) is 9.88 Å². The van der Waals surface area contributed by atoms with Crippen molar-refractivity contribution in [3.05, 3.63) is 10.6 Å². The molecule has 2 heterocycles. The van der Waals surface area contributed by atoms with Crippen LogP contribution in [0.4, 0.5) is 9.93 Å². The number of carbonyl (C=O) groups is 2. The molecule has 1 aliphatic carbocycles. The van der Waals surface area contributed by atoms with Crippen LogP contribution in [0.1, 0.15) is 36.8 Å². The van der Waals surface area contributed by atoms with Crippen LogP contribution >= 0.6 is 11.3 Å². The van der Waals surface area contributed by atoms with Gasteiger partial charge in [-0.15, -0.1) is 11.3 Å². The Morgan fingerprint density at radius 2 is 2.12 bits per heavy atom. The second-order valence-electron chi connectivity index (χ2n) is 7.23. The van der Waals surface area contributed by atoms with E-state index in [2.05, 4.69) is 10.3 Å². The summed E-state index contributed by atoms with van der Waals surface area (Å²) in [7, 11) is 1.60. The highest BCUT2D eigenvalue weighted by atomic mass is 32.1. The summed E-state index contributed by atoms with van der Waals surface area (Å²) < 4.78 is 5.50. The number of carboxylic acid groups (broad SMARTS) is 1. The number of carboxylic acids is 1. The molecule has 3 rings (SSSR count). The third-order valence-electron chi connectivity index (χ3n) is 5.29. The van der Waals surface area contributed by atoms with E-state index in [9.17, 15) is 9.59 Å². The van der Waals surface area contributed by atoms with Crippen LogP contribution in [0.25, 0.3) is 0 Å². The topological polar surface area (TPSA) is 91.8 Å². The van der Waals surface area contributed by atoms with Gasteiger partial charge in [0.15, 0.2) is 5.13 Å². The quantitative estimate of drug-likeness (QED) is 0.853. The first-order valence-corrected chi connectivity index (χ1v) is 9.51. The average molecular weight is 367 g/mol.